The quantitative estimate of drug-likeness (QED) is 0.533. The Hall–Kier alpha value is -1.04. The van der Waals surface area contributed by atoms with Crippen molar-refractivity contribution < 1.29 is 0 Å². The molecule has 68 valence electrons. The predicted molar refractivity (Wildman–Crippen MR) is 63.1 cm³/mol. The molecular weight excluding hydrogens is 235 g/mol. The summed E-state index contributed by atoms with van der Waals surface area (Å²) >= 11 is 0.525. The summed E-state index contributed by atoms with van der Waals surface area (Å²) in [5, 5.41) is 2.91. The van der Waals surface area contributed by atoms with Crippen LogP contribution >= 0.6 is 0 Å². The van der Waals surface area contributed by atoms with Gasteiger partial charge in [-0.3, -0.25) is 0 Å². The van der Waals surface area contributed by atoms with Gasteiger partial charge in [-0.1, -0.05) is 0 Å². The van der Waals surface area contributed by atoms with E-state index in [0.29, 0.717) is 14.5 Å². The van der Waals surface area contributed by atoms with E-state index in [1.54, 1.807) is 4.26 Å². The Morgan fingerprint density at radius 1 is 0.857 bits per heavy atom. The van der Waals surface area contributed by atoms with Crippen molar-refractivity contribution in [1.29, 1.82) is 0 Å². The van der Waals surface area contributed by atoms with Gasteiger partial charge in [0.15, 0.2) is 0 Å². The van der Waals surface area contributed by atoms with Gasteiger partial charge in [0.1, 0.15) is 0 Å². The fraction of sp³-hybridized carbons (Fsp3) is 0.0769. The third kappa shape index (κ3) is 1.06. The minimum absolute atomic E-state index is 0.525. The zero-order valence-corrected chi connectivity index (χ0v) is 9.66. The predicted octanol–water partition coefficient (Wildman–Crippen LogP) is 3.36. The van der Waals surface area contributed by atoms with Gasteiger partial charge in [-0.25, -0.2) is 0 Å². The fourth-order valence-corrected chi connectivity index (χ4v) is 4.35. The first-order chi connectivity index (χ1) is 6.86. The van der Waals surface area contributed by atoms with Crippen molar-refractivity contribution in [2.24, 2.45) is 0 Å². The Morgan fingerprint density at radius 2 is 1.64 bits per heavy atom. The van der Waals surface area contributed by atoms with Crippen molar-refractivity contribution in [1.82, 2.24) is 0 Å². The molecular formula is C13H10Se. The van der Waals surface area contributed by atoms with Gasteiger partial charge in [-0.15, -0.1) is 0 Å². The maximum absolute atomic E-state index is 2.26. The minimum atomic E-state index is 0.525. The topological polar surface area (TPSA) is 0 Å². The zero-order valence-electron chi connectivity index (χ0n) is 7.95. The maximum atomic E-state index is 2.26. The van der Waals surface area contributed by atoms with Crippen LogP contribution in [0.15, 0.2) is 42.5 Å². The van der Waals surface area contributed by atoms with Crippen LogP contribution < -0.4 is 0 Å². The van der Waals surface area contributed by atoms with Gasteiger partial charge in [-0.2, -0.15) is 0 Å². The summed E-state index contributed by atoms with van der Waals surface area (Å²) in [6.45, 7) is 2.21. The van der Waals surface area contributed by atoms with E-state index in [1.165, 1.54) is 20.6 Å². The van der Waals surface area contributed by atoms with E-state index < -0.39 is 0 Å². The van der Waals surface area contributed by atoms with Crippen LogP contribution in [0.4, 0.5) is 0 Å². The standard InChI is InChI=1S/C13H10Se/c1-9-5-4-7-11-10-6-2-3-8-12(10)14-13(9)11/h2-8H,1H3. The molecule has 1 heteroatoms. The molecule has 0 aliphatic rings. The summed E-state index contributed by atoms with van der Waals surface area (Å²) in [5.41, 5.74) is 1.44. The van der Waals surface area contributed by atoms with Crippen LogP contribution in [0.25, 0.3) is 19.3 Å². The van der Waals surface area contributed by atoms with E-state index in [-0.39, 0.29) is 0 Å². The summed E-state index contributed by atoms with van der Waals surface area (Å²) < 4.78 is 3.10. The first kappa shape index (κ1) is 8.28. The Labute approximate surface area is 88.9 Å². The average molecular weight is 245 g/mol. The van der Waals surface area contributed by atoms with Gasteiger partial charge in [0, 0.05) is 0 Å². The van der Waals surface area contributed by atoms with Crippen LogP contribution in [0.1, 0.15) is 5.56 Å². The number of rotatable bonds is 0. The molecule has 0 amide bonds. The van der Waals surface area contributed by atoms with Gasteiger partial charge in [0.05, 0.1) is 0 Å². The normalized spacial score (nSPS) is 11.2. The number of fused-ring (bicyclic) bond motifs is 3. The van der Waals surface area contributed by atoms with E-state index in [1.807, 2.05) is 0 Å². The third-order valence-electron chi connectivity index (χ3n) is 2.60. The number of benzene rings is 2. The molecule has 1 heterocycles. The first-order valence-corrected chi connectivity index (χ1v) is 6.44. The Morgan fingerprint density at radius 3 is 2.57 bits per heavy atom. The molecule has 0 N–H and O–H groups in total. The molecule has 0 nitrogen and oxygen atoms in total. The van der Waals surface area contributed by atoms with Crippen LogP contribution in [0.2, 0.25) is 0 Å². The number of hydrogen-bond donors (Lipinski definition) is 0. The molecule has 0 aliphatic carbocycles. The summed E-state index contributed by atoms with van der Waals surface area (Å²) in [5.74, 6) is 0. The van der Waals surface area contributed by atoms with E-state index in [0.717, 1.165) is 0 Å². The second-order valence-electron chi connectivity index (χ2n) is 3.55. The van der Waals surface area contributed by atoms with Crippen LogP contribution in [-0.4, -0.2) is 14.5 Å². The molecule has 0 spiro atoms. The number of hydrogen-bond acceptors (Lipinski definition) is 0. The average Bonchev–Trinajstić information content (AvgIpc) is 2.59. The van der Waals surface area contributed by atoms with Gasteiger partial charge >= 0.3 is 88.7 Å². The molecule has 0 saturated carbocycles. The van der Waals surface area contributed by atoms with Crippen molar-refractivity contribution >= 4 is 33.8 Å². The van der Waals surface area contributed by atoms with Crippen molar-refractivity contribution in [2.45, 2.75) is 6.92 Å². The first-order valence-electron chi connectivity index (χ1n) is 4.73. The van der Waals surface area contributed by atoms with Crippen molar-refractivity contribution in [3.8, 4) is 0 Å². The van der Waals surface area contributed by atoms with Crippen LogP contribution in [0, 0.1) is 6.92 Å². The van der Waals surface area contributed by atoms with Gasteiger partial charge in [0.25, 0.3) is 0 Å². The molecule has 2 aromatic carbocycles. The van der Waals surface area contributed by atoms with Crippen LogP contribution in [0.3, 0.4) is 0 Å². The summed E-state index contributed by atoms with van der Waals surface area (Å²) in [4.78, 5) is 0. The Bertz CT molecular complexity index is 605. The third-order valence-corrected chi connectivity index (χ3v) is 5.37. The molecule has 0 radical (unpaired) electrons. The van der Waals surface area contributed by atoms with Gasteiger partial charge < -0.3 is 0 Å². The van der Waals surface area contributed by atoms with E-state index >= 15 is 0 Å². The second-order valence-corrected chi connectivity index (χ2v) is 5.76. The second kappa shape index (κ2) is 2.98. The zero-order chi connectivity index (χ0) is 9.54. The molecule has 3 rings (SSSR count). The van der Waals surface area contributed by atoms with E-state index in [4.69, 9.17) is 0 Å². The number of aryl methyl sites for hydroxylation is 1. The molecule has 0 aliphatic heterocycles. The molecule has 0 atom stereocenters. The van der Waals surface area contributed by atoms with E-state index in [2.05, 4.69) is 49.4 Å². The monoisotopic (exact) mass is 246 g/mol. The molecule has 3 aromatic rings. The van der Waals surface area contributed by atoms with Crippen LogP contribution in [0.5, 0.6) is 0 Å². The van der Waals surface area contributed by atoms with Gasteiger partial charge in [-0.05, 0) is 0 Å². The summed E-state index contributed by atoms with van der Waals surface area (Å²) in [7, 11) is 0. The molecule has 0 bridgehead atoms. The van der Waals surface area contributed by atoms with Crippen LogP contribution in [-0.2, 0) is 0 Å². The summed E-state index contributed by atoms with van der Waals surface area (Å²) in [6.07, 6.45) is 0. The SMILES string of the molecule is Cc1cccc2c1[se]c1ccccc12. The van der Waals surface area contributed by atoms with Crippen molar-refractivity contribution in [2.75, 3.05) is 0 Å². The molecule has 1 aromatic heterocycles. The van der Waals surface area contributed by atoms with Crippen molar-refractivity contribution in [3.05, 3.63) is 48.0 Å². The van der Waals surface area contributed by atoms with E-state index in [9.17, 15) is 0 Å². The molecule has 14 heavy (non-hydrogen) atoms. The molecule has 0 fully saturated rings. The van der Waals surface area contributed by atoms with Crippen molar-refractivity contribution in [3.63, 3.8) is 0 Å². The molecule has 0 unspecified atom stereocenters. The Balaban J connectivity index is 2.63. The molecule has 0 saturated heterocycles. The fourth-order valence-electron chi connectivity index (χ4n) is 1.89. The summed E-state index contributed by atoms with van der Waals surface area (Å²) in [6, 6.07) is 15.4. The van der Waals surface area contributed by atoms with Gasteiger partial charge in [0.2, 0.25) is 0 Å². The Kier molecular flexibility index (Phi) is 1.76.